The summed E-state index contributed by atoms with van der Waals surface area (Å²) in [5.74, 6) is 2.57. The van der Waals surface area contributed by atoms with Crippen LogP contribution in [0.15, 0.2) is 18.3 Å². The molecule has 0 saturated carbocycles. The highest BCUT2D eigenvalue weighted by Gasteiger charge is 2.17. The van der Waals surface area contributed by atoms with Crippen molar-refractivity contribution in [2.45, 2.75) is 18.6 Å². The molecule has 1 aromatic heterocycles. The van der Waals surface area contributed by atoms with E-state index in [4.69, 9.17) is 0 Å². The number of anilines is 1. The highest BCUT2D eigenvalue weighted by molar-refractivity contribution is 7.99. The molecule has 18 heavy (non-hydrogen) atoms. The van der Waals surface area contributed by atoms with E-state index >= 15 is 0 Å². The summed E-state index contributed by atoms with van der Waals surface area (Å²) in [6, 6.07) is 4.00. The van der Waals surface area contributed by atoms with Crippen molar-refractivity contribution in [3.05, 3.63) is 23.9 Å². The van der Waals surface area contributed by atoms with Gasteiger partial charge in [0.15, 0.2) is 0 Å². The van der Waals surface area contributed by atoms with Crippen LogP contribution in [0.1, 0.15) is 18.4 Å². The maximum atomic E-state index is 11.8. The Hall–Kier alpha value is -1.23. The molecular weight excluding hydrogens is 246 g/mol. The molecule has 5 heteroatoms. The maximum Gasteiger partial charge on any atom is 0.232 e. The first-order valence-corrected chi connectivity index (χ1v) is 7.43. The van der Waals surface area contributed by atoms with Crippen molar-refractivity contribution in [3.8, 4) is 0 Å². The Balaban J connectivity index is 1.72. The Labute approximate surface area is 112 Å². The third-order valence-corrected chi connectivity index (χ3v) is 4.02. The van der Waals surface area contributed by atoms with Crippen LogP contribution in [0.2, 0.25) is 0 Å². The van der Waals surface area contributed by atoms with Crippen LogP contribution in [0.3, 0.4) is 0 Å². The van der Waals surface area contributed by atoms with Crippen LogP contribution < -0.4 is 5.32 Å². The van der Waals surface area contributed by atoms with Crippen LogP contribution in [-0.4, -0.2) is 41.7 Å². The molecule has 0 bridgehead atoms. The molecule has 1 aliphatic rings. The quantitative estimate of drug-likeness (QED) is 0.884. The summed E-state index contributed by atoms with van der Waals surface area (Å²) in [6.07, 6.45) is 4.18. The first-order valence-electron chi connectivity index (χ1n) is 6.28. The van der Waals surface area contributed by atoms with E-state index in [0.717, 1.165) is 43.1 Å². The van der Waals surface area contributed by atoms with Gasteiger partial charge in [0.05, 0.1) is 5.75 Å². The molecule has 1 saturated heterocycles. The molecule has 4 nitrogen and oxygen atoms in total. The normalized spacial score (nSPS) is 14.8. The van der Waals surface area contributed by atoms with Crippen molar-refractivity contribution in [2.75, 3.05) is 31.2 Å². The Morgan fingerprint density at radius 3 is 2.83 bits per heavy atom. The number of nitrogens with zero attached hydrogens (tertiary/aromatic N) is 2. The number of likely N-dealkylation sites (tertiary alicyclic amines) is 1. The minimum absolute atomic E-state index is 0.275. The number of hydrogen-bond donors (Lipinski definition) is 1. The molecule has 0 radical (unpaired) electrons. The number of carbonyl (C=O) groups excluding carboxylic acids is 1. The van der Waals surface area contributed by atoms with E-state index in [-0.39, 0.29) is 5.91 Å². The number of rotatable bonds is 5. The van der Waals surface area contributed by atoms with Gasteiger partial charge in [-0.25, -0.2) is 4.98 Å². The minimum Gasteiger partial charge on any atom is -0.373 e. The van der Waals surface area contributed by atoms with Crippen LogP contribution in [0.25, 0.3) is 0 Å². The molecule has 1 aromatic rings. The molecule has 0 spiro atoms. The summed E-state index contributed by atoms with van der Waals surface area (Å²) in [5, 5.41) is 2.99. The smallest absolute Gasteiger partial charge is 0.232 e. The maximum absolute atomic E-state index is 11.8. The molecule has 0 aromatic carbocycles. The Morgan fingerprint density at radius 1 is 1.44 bits per heavy atom. The van der Waals surface area contributed by atoms with E-state index in [2.05, 4.69) is 10.3 Å². The molecule has 1 aliphatic heterocycles. The van der Waals surface area contributed by atoms with Gasteiger partial charge in [-0.05, 0) is 24.5 Å². The van der Waals surface area contributed by atoms with E-state index in [1.807, 2.05) is 30.3 Å². The molecule has 2 rings (SSSR count). The largest absolute Gasteiger partial charge is 0.373 e. The van der Waals surface area contributed by atoms with Crippen LogP contribution in [0, 0.1) is 0 Å². The van der Waals surface area contributed by atoms with Crippen molar-refractivity contribution < 1.29 is 4.79 Å². The van der Waals surface area contributed by atoms with Crippen molar-refractivity contribution in [1.82, 2.24) is 9.88 Å². The van der Waals surface area contributed by atoms with Crippen molar-refractivity contribution in [3.63, 3.8) is 0 Å². The number of amides is 1. The van der Waals surface area contributed by atoms with Gasteiger partial charge in [0.25, 0.3) is 0 Å². The second kappa shape index (κ2) is 6.64. The van der Waals surface area contributed by atoms with Crippen molar-refractivity contribution in [2.24, 2.45) is 0 Å². The van der Waals surface area contributed by atoms with Crippen LogP contribution in [-0.2, 0) is 10.5 Å². The van der Waals surface area contributed by atoms with Crippen LogP contribution in [0.5, 0.6) is 0 Å². The van der Waals surface area contributed by atoms with E-state index in [1.165, 1.54) is 0 Å². The molecule has 0 aliphatic carbocycles. The van der Waals surface area contributed by atoms with Gasteiger partial charge in [0.2, 0.25) is 5.91 Å². The fourth-order valence-corrected chi connectivity index (χ4v) is 2.84. The first kappa shape index (κ1) is 13.2. The summed E-state index contributed by atoms with van der Waals surface area (Å²) in [7, 11) is 1.85. The molecule has 1 N–H and O–H groups in total. The average molecular weight is 265 g/mol. The lowest BCUT2D eigenvalue weighted by atomic mass is 10.3. The van der Waals surface area contributed by atoms with Gasteiger partial charge >= 0.3 is 0 Å². The topological polar surface area (TPSA) is 45.2 Å². The number of aromatic nitrogens is 1. The zero-order valence-corrected chi connectivity index (χ0v) is 11.5. The standard InChI is InChI=1S/C13H19N3OS/c1-14-12-5-4-11(8-15-12)9-18-10-13(17)16-6-2-3-7-16/h4-5,8H,2-3,6-7,9-10H2,1H3,(H,14,15). The lowest BCUT2D eigenvalue weighted by Gasteiger charge is -2.14. The second-order valence-corrected chi connectivity index (χ2v) is 5.37. The fraction of sp³-hybridized carbons (Fsp3) is 0.538. The number of thioether (sulfide) groups is 1. The summed E-state index contributed by atoms with van der Waals surface area (Å²) < 4.78 is 0. The van der Waals surface area contributed by atoms with Crippen LogP contribution in [0.4, 0.5) is 5.82 Å². The summed E-state index contributed by atoms with van der Waals surface area (Å²) >= 11 is 1.66. The predicted molar refractivity (Wildman–Crippen MR) is 75.8 cm³/mol. The Morgan fingerprint density at radius 2 is 2.22 bits per heavy atom. The van der Waals surface area contributed by atoms with E-state index in [0.29, 0.717) is 5.75 Å². The van der Waals surface area contributed by atoms with Gasteiger partial charge in [0.1, 0.15) is 5.82 Å². The monoisotopic (exact) mass is 265 g/mol. The predicted octanol–water partition coefficient (Wildman–Crippen LogP) is 1.98. The molecule has 0 atom stereocenters. The second-order valence-electron chi connectivity index (χ2n) is 4.38. The minimum atomic E-state index is 0.275. The third kappa shape index (κ3) is 3.63. The van der Waals surface area contributed by atoms with Gasteiger partial charge in [-0.15, -0.1) is 11.8 Å². The lowest BCUT2D eigenvalue weighted by molar-refractivity contribution is -0.127. The Bertz CT molecular complexity index is 388. The van der Waals surface area contributed by atoms with Crippen LogP contribution >= 0.6 is 11.8 Å². The zero-order chi connectivity index (χ0) is 12.8. The molecule has 1 fully saturated rings. The average Bonchev–Trinajstić information content (AvgIpc) is 2.93. The number of hydrogen-bond acceptors (Lipinski definition) is 4. The number of pyridine rings is 1. The van der Waals surface area contributed by atoms with Gasteiger partial charge in [-0.2, -0.15) is 0 Å². The lowest BCUT2D eigenvalue weighted by Crippen LogP contribution is -2.29. The zero-order valence-electron chi connectivity index (χ0n) is 10.7. The van der Waals surface area contributed by atoms with Gasteiger partial charge in [0, 0.05) is 32.1 Å². The van der Waals surface area contributed by atoms with Gasteiger partial charge in [-0.1, -0.05) is 6.07 Å². The molecule has 0 unspecified atom stereocenters. The Kier molecular flexibility index (Phi) is 4.87. The fourth-order valence-electron chi connectivity index (χ4n) is 1.97. The number of nitrogens with one attached hydrogen (secondary N) is 1. The van der Waals surface area contributed by atoms with E-state index < -0.39 is 0 Å². The molecular formula is C13H19N3OS. The molecule has 2 heterocycles. The van der Waals surface area contributed by atoms with Crippen molar-refractivity contribution in [1.29, 1.82) is 0 Å². The third-order valence-electron chi connectivity index (χ3n) is 3.03. The summed E-state index contributed by atoms with van der Waals surface area (Å²) in [4.78, 5) is 18.0. The summed E-state index contributed by atoms with van der Waals surface area (Å²) in [5.41, 5.74) is 1.16. The SMILES string of the molecule is CNc1ccc(CSCC(=O)N2CCCC2)cn1. The molecule has 98 valence electrons. The van der Waals surface area contributed by atoms with Gasteiger partial charge < -0.3 is 10.2 Å². The van der Waals surface area contributed by atoms with Gasteiger partial charge in [-0.3, -0.25) is 4.79 Å². The van der Waals surface area contributed by atoms with Crippen molar-refractivity contribution >= 4 is 23.5 Å². The first-order chi connectivity index (χ1) is 8.79. The van der Waals surface area contributed by atoms with E-state index in [9.17, 15) is 4.79 Å². The summed E-state index contributed by atoms with van der Waals surface area (Å²) in [6.45, 7) is 1.88. The number of carbonyl (C=O) groups is 1. The highest BCUT2D eigenvalue weighted by Crippen LogP contribution is 2.15. The van der Waals surface area contributed by atoms with E-state index in [1.54, 1.807) is 11.8 Å². The highest BCUT2D eigenvalue weighted by atomic mass is 32.2. The molecule has 1 amide bonds.